The highest BCUT2D eigenvalue weighted by Crippen LogP contribution is 2.24. The maximum absolute atomic E-state index is 5.82. The summed E-state index contributed by atoms with van der Waals surface area (Å²) in [5, 5.41) is 6.46. The summed E-state index contributed by atoms with van der Waals surface area (Å²) in [7, 11) is 0. The molecule has 0 saturated carbocycles. The standard InChI is InChI=1S/C11H21N3S/c1-8(2)5-11(4,7-12)14-10-13-9(3)6-15-10/h6,8H,5,7,12H2,1-4H3,(H,13,14). The summed E-state index contributed by atoms with van der Waals surface area (Å²) < 4.78 is 0. The summed E-state index contributed by atoms with van der Waals surface area (Å²) in [6.45, 7) is 9.21. The van der Waals surface area contributed by atoms with E-state index in [2.05, 4.69) is 36.5 Å². The average Bonchev–Trinajstić information content (AvgIpc) is 2.49. The van der Waals surface area contributed by atoms with Gasteiger partial charge in [0.2, 0.25) is 0 Å². The number of hydrogen-bond donors (Lipinski definition) is 2. The Morgan fingerprint density at radius 3 is 2.67 bits per heavy atom. The zero-order valence-electron chi connectivity index (χ0n) is 10.0. The Morgan fingerprint density at radius 2 is 2.27 bits per heavy atom. The molecule has 0 fully saturated rings. The van der Waals surface area contributed by atoms with Gasteiger partial charge in [0.1, 0.15) is 0 Å². The van der Waals surface area contributed by atoms with Crippen LogP contribution in [0.3, 0.4) is 0 Å². The molecule has 0 bridgehead atoms. The summed E-state index contributed by atoms with van der Waals surface area (Å²) in [4.78, 5) is 4.40. The van der Waals surface area contributed by atoms with Crippen LogP contribution >= 0.6 is 11.3 Å². The Bertz CT molecular complexity index is 309. The topological polar surface area (TPSA) is 50.9 Å². The van der Waals surface area contributed by atoms with Crippen LogP contribution in [0.5, 0.6) is 0 Å². The molecule has 0 aliphatic carbocycles. The number of nitrogens with two attached hydrogens (primary N) is 1. The van der Waals surface area contributed by atoms with E-state index in [0.717, 1.165) is 17.2 Å². The normalized spacial score (nSPS) is 15.3. The van der Waals surface area contributed by atoms with Crippen molar-refractivity contribution in [2.75, 3.05) is 11.9 Å². The lowest BCUT2D eigenvalue weighted by Crippen LogP contribution is -2.43. The predicted octanol–water partition coefficient (Wildman–Crippen LogP) is 2.63. The van der Waals surface area contributed by atoms with Crippen molar-refractivity contribution >= 4 is 16.5 Å². The van der Waals surface area contributed by atoms with E-state index in [9.17, 15) is 0 Å². The first-order valence-electron chi connectivity index (χ1n) is 5.35. The molecule has 0 saturated heterocycles. The van der Waals surface area contributed by atoms with Crippen LogP contribution in [0, 0.1) is 12.8 Å². The molecule has 1 rings (SSSR count). The molecule has 1 atom stereocenters. The molecule has 0 radical (unpaired) electrons. The highest BCUT2D eigenvalue weighted by molar-refractivity contribution is 7.13. The second-order valence-electron chi connectivity index (χ2n) is 4.78. The molecule has 1 aromatic rings. The first kappa shape index (κ1) is 12.5. The van der Waals surface area contributed by atoms with Crippen molar-refractivity contribution in [3.05, 3.63) is 11.1 Å². The largest absolute Gasteiger partial charge is 0.355 e. The van der Waals surface area contributed by atoms with Crippen molar-refractivity contribution in [1.82, 2.24) is 4.98 Å². The maximum Gasteiger partial charge on any atom is 0.183 e. The molecule has 3 N–H and O–H groups in total. The van der Waals surface area contributed by atoms with Crippen LogP contribution in [-0.2, 0) is 0 Å². The Kier molecular flexibility index (Phi) is 4.11. The van der Waals surface area contributed by atoms with Gasteiger partial charge in [0.25, 0.3) is 0 Å². The van der Waals surface area contributed by atoms with Crippen LogP contribution in [0.4, 0.5) is 5.13 Å². The number of rotatable bonds is 5. The monoisotopic (exact) mass is 227 g/mol. The zero-order chi connectivity index (χ0) is 11.5. The molecule has 86 valence electrons. The van der Waals surface area contributed by atoms with Crippen LogP contribution in [-0.4, -0.2) is 17.1 Å². The molecule has 15 heavy (non-hydrogen) atoms. The van der Waals surface area contributed by atoms with Crippen molar-refractivity contribution in [3.63, 3.8) is 0 Å². The van der Waals surface area contributed by atoms with E-state index in [1.54, 1.807) is 11.3 Å². The number of nitrogens with zero attached hydrogens (tertiary/aromatic N) is 1. The first-order valence-corrected chi connectivity index (χ1v) is 6.23. The highest BCUT2D eigenvalue weighted by Gasteiger charge is 2.24. The van der Waals surface area contributed by atoms with Gasteiger partial charge in [-0.1, -0.05) is 13.8 Å². The summed E-state index contributed by atoms with van der Waals surface area (Å²) in [6, 6.07) is 0. The van der Waals surface area contributed by atoms with Gasteiger partial charge in [-0.2, -0.15) is 0 Å². The minimum atomic E-state index is -0.0432. The minimum absolute atomic E-state index is 0.0432. The SMILES string of the molecule is Cc1csc(NC(C)(CN)CC(C)C)n1. The smallest absolute Gasteiger partial charge is 0.183 e. The van der Waals surface area contributed by atoms with Gasteiger partial charge in [-0.15, -0.1) is 11.3 Å². The van der Waals surface area contributed by atoms with Gasteiger partial charge in [-0.3, -0.25) is 0 Å². The van der Waals surface area contributed by atoms with Crippen LogP contribution in [0.1, 0.15) is 32.9 Å². The molecule has 0 aromatic carbocycles. The minimum Gasteiger partial charge on any atom is -0.355 e. The van der Waals surface area contributed by atoms with E-state index in [-0.39, 0.29) is 5.54 Å². The fourth-order valence-electron chi connectivity index (χ4n) is 1.76. The summed E-state index contributed by atoms with van der Waals surface area (Å²) >= 11 is 1.64. The Hall–Kier alpha value is -0.610. The van der Waals surface area contributed by atoms with E-state index >= 15 is 0 Å². The van der Waals surface area contributed by atoms with Gasteiger partial charge in [0, 0.05) is 17.5 Å². The summed E-state index contributed by atoms with van der Waals surface area (Å²) in [6.07, 6.45) is 1.06. The lowest BCUT2D eigenvalue weighted by Gasteiger charge is -2.30. The summed E-state index contributed by atoms with van der Waals surface area (Å²) in [5.74, 6) is 0.632. The van der Waals surface area contributed by atoms with E-state index in [0.29, 0.717) is 12.5 Å². The molecule has 4 heteroatoms. The van der Waals surface area contributed by atoms with Crippen LogP contribution in [0.25, 0.3) is 0 Å². The zero-order valence-corrected chi connectivity index (χ0v) is 10.8. The fraction of sp³-hybridized carbons (Fsp3) is 0.727. The third kappa shape index (κ3) is 3.80. The van der Waals surface area contributed by atoms with Gasteiger partial charge >= 0.3 is 0 Å². The second-order valence-corrected chi connectivity index (χ2v) is 5.64. The van der Waals surface area contributed by atoms with Crippen molar-refractivity contribution in [2.24, 2.45) is 11.7 Å². The lowest BCUT2D eigenvalue weighted by atomic mass is 9.91. The van der Waals surface area contributed by atoms with Crippen molar-refractivity contribution in [1.29, 1.82) is 0 Å². The Balaban J connectivity index is 2.67. The predicted molar refractivity (Wildman–Crippen MR) is 67.4 cm³/mol. The van der Waals surface area contributed by atoms with Gasteiger partial charge in [0.15, 0.2) is 5.13 Å². The second kappa shape index (κ2) is 4.94. The molecule has 0 aliphatic heterocycles. The molecular weight excluding hydrogens is 206 g/mol. The van der Waals surface area contributed by atoms with E-state index in [1.165, 1.54) is 0 Å². The average molecular weight is 227 g/mol. The maximum atomic E-state index is 5.82. The van der Waals surface area contributed by atoms with Crippen LogP contribution in [0.15, 0.2) is 5.38 Å². The molecule has 0 aliphatic rings. The fourth-order valence-corrected chi connectivity index (χ4v) is 2.59. The first-order chi connectivity index (χ1) is 6.95. The molecule has 1 unspecified atom stereocenters. The van der Waals surface area contributed by atoms with Crippen molar-refractivity contribution in [2.45, 2.75) is 39.7 Å². The van der Waals surface area contributed by atoms with Crippen LogP contribution in [0.2, 0.25) is 0 Å². The van der Waals surface area contributed by atoms with Crippen molar-refractivity contribution < 1.29 is 0 Å². The molecular formula is C11H21N3S. The molecule has 1 aromatic heterocycles. The lowest BCUT2D eigenvalue weighted by molar-refractivity contribution is 0.407. The molecule has 1 heterocycles. The number of thiazole rings is 1. The van der Waals surface area contributed by atoms with Crippen molar-refractivity contribution in [3.8, 4) is 0 Å². The quantitative estimate of drug-likeness (QED) is 0.813. The van der Waals surface area contributed by atoms with Crippen LogP contribution < -0.4 is 11.1 Å². The van der Waals surface area contributed by atoms with Gasteiger partial charge in [-0.05, 0) is 26.2 Å². The van der Waals surface area contributed by atoms with Gasteiger partial charge in [0.05, 0.1) is 5.69 Å². The Morgan fingerprint density at radius 1 is 1.60 bits per heavy atom. The highest BCUT2D eigenvalue weighted by atomic mass is 32.1. The molecule has 0 spiro atoms. The van der Waals surface area contributed by atoms with Gasteiger partial charge < -0.3 is 11.1 Å². The van der Waals surface area contributed by atoms with E-state index in [4.69, 9.17) is 5.73 Å². The number of anilines is 1. The number of nitrogens with one attached hydrogen (secondary N) is 1. The van der Waals surface area contributed by atoms with E-state index in [1.807, 2.05) is 6.92 Å². The summed E-state index contributed by atoms with van der Waals surface area (Å²) in [5.41, 5.74) is 6.84. The molecule has 0 amide bonds. The van der Waals surface area contributed by atoms with Gasteiger partial charge in [-0.25, -0.2) is 4.98 Å². The third-order valence-corrected chi connectivity index (χ3v) is 3.21. The van der Waals surface area contributed by atoms with E-state index < -0.39 is 0 Å². The number of aromatic nitrogens is 1. The number of aryl methyl sites for hydroxylation is 1. The Labute approximate surface area is 96.1 Å². The number of hydrogen-bond acceptors (Lipinski definition) is 4. The third-order valence-electron chi connectivity index (χ3n) is 2.34. The molecule has 3 nitrogen and oxygen atoms in total.